The number of rotatable bonds is 8. The lowest BCUT2D eigenvalue weighted by molar-refractivity contribution is -0.128. The van der Waals surface area contributed by atoms with Crippen LogP contribution in [-0.2, 0) is 4.79 Å². The Morgan fingerprint density at radius 3 is 2.46 bits per heavy atom. The number of para-hydroxylation sites is 1. The zero-order valence-corrected chi connectivity index (χ0v) is 14.8. The maximum absolute atomic E-state index is 12.3. The summed E-state index contributed by atoms with van der Waals surface area (Å²) < 4.78 is 5.74. The van der Waals surface area contributed by atoms with Crippen molar-refractivity contribution in [1.82, 2.24) is 5.32 Å². The van der Waals surface area contributed by atoms with Gasteiger partial charge in [-0.2, -0.15) is 0 Å². The molecule has 0 saturated heterocycles. The Labute approximate surface area is 148 Å². The molecule has 1 atom stereocenters. The van der Waals surface area contributed by atoms with Crippen LogP contribution in [0.3, 0.4) is 0 Å². The van der Waals surface area contributed by atoms with Crippen molar-refractivity contribution in [3.63, 3.8) is 0 Å². The molecular weight excluding hydrogens is 324 g/mol. The highest BCUT2D eigenvalue weighted by Gasteiger charge is 2.18. The third-order valence-electron chi connectivity index (χ3n) is 3.70. The Bertz CT molecular complexity index is 632. The minimum Gasteiger partial charge on any atom is -0.481 e. The molecule has 2 aromatic carbocycles. The topological polar surface area (TPSA) is 41.6 Å². The molecule has 1 N–H and O–H groups in total. The molecule has 0 aliphatic rings. The molecular formula is C19H23ClN2O2. The SMILES string of the molecule is CC[C@@H](Oc1ccc(Cl)cc1)C(=O)NCCN(C)c1ccccc1. The predicted molar refractivity (Wildman–Crippen MR) is 98.9 cm³/mol. The maximum Gasteiger partial charge on any atom is 0.261 e. The molecule has 1 amide bonds. The third-order valence-corrected chi connectivity index (χ3v) is 3.95. The highest BCUT2D eigenvalue weighted by molar-refractivity contribution is 6.30. The van der Waals surface area contributed by atoms with E-state index >= 15 is 0 Å². The maximum atomic E-state index is 12.3. The molecule has 0 heterocycles. The first-order valence-corrected chi connectivity index (χ1v) is 8.44. The van der Waals surface area contributed by atoms with Gasteiger partial charge >= 0.3 is 0 Å². The van der Waals surface area contributed by atoms with Crippen molar-refractivity contribution in [2.45, 2.75) is 19.4 Å². The van der Waals surface area contributed by atoms with Crippen molar-refractivity contribution in [2.75, 3.05) is 25.0 Å². The summed E-state index contributed by atoms with van der Waals surface area (Å²) >= 11 is 5.85. The summed E-state index contributed by atoms with van der Waals surface area (Å²) in [5, 5.41) is 3.58. The van der Waals surface area contributed by atoms with Crippen LogP contribution in [0.4, 0.5) is 5.69 Å². The lowest BCUT2D eigenvalue weighted by Gasteiger charge is -2.21. The number of hydrogen-bond acceptors (Lipinski definition) is 3. The molecule has 0 saturated carbocycles. The number of halogens is 1. The highest BCUT2D eigenvalue weighted by Crippen LogP contribution is 2.17. The molecule has 0 fully saturated rings. The normalized spacial score (nSPS) is 11.6. The molecule has 128 valence electrons. The van der Waals surface area contributed by atoms with E-state index in [2.05, 4.69) is 10.2 Å². The predicted octanol–water partition coefficient (Wildman–Crippen LogP) is 3.75. The fourth-order valence-electron chi connectivity index (χ4n) is 2.27. The molecule has 2 aromatic rings. The van der Waals surface area contributed by atoms with Gasteiger partial charge in [-0.3, -0.25) is 4.79 Å². The van der Waals surface area contributed by atoms with Crippen LogP contribution in [0.5, 0.6) is 5.75 Å². The average Bonchev–Trinajstić information content (AvgIpc) is 2.61. The molecule has 0 radical (unpaired) electrons. The lowest BCUT2D eigenvalue weighted by Crippen LogP contribution is -2.41. The molecule has 2 rings (SSSR count). The number of nitrogens with one attached hydrogen (secondary N) is 1. The zero-order valence-electron chi connectivity index (χ0n) is 14.0. The number of carbonyl (C=O) groups is 1. The van der Waals surface area contributed by atoms with Crippen molar-refractivity contribution in [3.8, 4) is 5.75 Å². The van der Waals surface area contributed by atoms with E-state index in [1.54, 1.807) is 24.3 Å². The molecule has 0 bridgehead atoms. The van der Waals surface area contributed by atoms with Gasteiger partial charge in [0.2, 0.25) is 0 Å². The van der Waals surface area contributed by atoms with Crippen LogP contribution in [-0.4, -0.2) is 32.1 Å². The molecule has 24 heavy (non-hydrogen) atoms. The zero-order chi connectivity index (χ0) is 17.4. The lowest BCUT2D eigenvalue weighted by atomic mass is 10.2. The van der Waals surface area contributed by atoms with E-state index in [-0.39, 0.29) is 5.91 Å². The van der Waals surface area contributed by atoms with Gasteiger partial charge in [0, 0.05) is 30.8 Å². The first-order valence-electron chi connectivity index (χ1n) is 8.06. The van der Waals surface area contributed by atoms with E-state index in [4.69, 9.17) is 16.3 Å². The van der Waals surface area contributed by atoms with Gasteiger partial charge in [0.15, 0.2) is 6.10 Å². The van der Waals surface area contributed by atoms with Crippen LogP contribution < -0.4 is 15.0 Å². The number of ether oxygens (including phenoxy) is 1. The molecule has 0 aliphatic carbocycles. The van der Waals surface area contributed by atoms with E-state index in [0.29, 0.717) is 23.7 Å². The number of amides is 1. The van der Waals surface area contributed by atoms with Crippen LogP contribution in [0.15, 0.2) is 54.6 Å². The standard InChI is InChI=1S/C19H23ClN2O2/c1-3-18(24-17-11-9-15(20)10-12-17)19(23)21-13-14-22(2)16-7-5-4-6-8-16/h4-12,18H,3,13-14H2,1-2H3,(H,21,23)/t18-/m1/s1. The molecule has 4 nitrogen and oxygen atoms in total. The van der Waals surface area contributed by atoms with Gasteiger partial charge in [0.1, 0.15) is 5.75 Å². The smallest absolute Gasteiger partial charge is 0.261 e. The van der Waals surface area contributed by atoms with E-state index in [9.17, 15) is 4.79 Å². The number of likely N-dealkylation sites (N-methyl/N-ethyl adjacent to an activating group) is 1. The molecule has 5 heteroatoms. The van der Waals surface area contributed by atoms with Gasteiger partial charge in [-0.05, 0) is 42.8 Å². The van der Waals surface area contributed by atoms with Gasteiger partial charge in [-0.25, -0.2) is 0 Å². The van der Waals surface area contributed by atoms with E-state index < -0.39 is 6.10 Å². The summed E-state index contributed by atoms with van der Waals surface area (Å²) in [4.78, 5) is 14.4. The van der Waals surface area contributed by atoms with Gasteiger partial charge < -0.3 is 15.0 Å². The van der Waals surface area contributed by atoms with E-state index in [0.717, 1.165) is 12.2 Å². The second kappa shape index (κ2) is 9.18. The Morgan fingerprint density at radius 1 is 1.17 bits per heavy atom. The average molecular weight is 347 g/mol. The van der Waals surface area contributed by atoms with Gasteiger partial charge in [-0.15, -0.1) is 0 Å². The summed E-state index contributed by atoms with van der Waals surface area (Å²) in [5.41, 5.74) is 1.12. The van der Waals surface area contributed by atoms with Gasteiger partial charge in [-0.1, -0.05) is 36.7 Å². The van der Waals surface area contributed by atoms with Crippen LogP contribution >= 0.6 is 11.6 Å². The Kier molecular flexibility index (Phi) is 6.94. The molecule has 0 aliphatic heterocycles. The summed E-state index contributed by atoms with van der Waals surface area (Å²) in [7, 11) is 2.00. The highest BCUT2D eigenvalue weighted by atomic mass is 35.5. The third kappa shape index (κ3) is 5.46. The van der Waals surface area contributed by atoms with Gasteiger partial charge in [0.05, 0.1) is 0 Å². The number of carbonyl (C=O) groups excluding carboxylic acids is 1. The van der Waals surface area contributed by atoms with E-state index in [1.165, 1.54) is 0 Å². The minimum absolute atomic E-state index is 0.103. The number of benzene rings is 2. The van der Waals surface area contributed by atoms with E-state index in [1.807, 2.05) is 44.3 Å². The van der Waals surface area contributed by atoms with Crippen LogP contribution in [0.2, 0.25) is 5.02 Å². The fraction of sp³-hybridized carbons (Fsp3) is 0.316. The minimum atomic E-state index is -0.506. The fourth-order valence-corrected chi connectivity index (χ4v) is 2.40. The number of hydrogen-bond donors (Lipinski definition) is 1. The second-order valence-corrected chi connectivity index (χ2v) is 5.95. The van der Waals surface area contributed by atoms with Crippen molar-refractivity contribution >= 4 is 23.2 Å². The Hall–Kier alpha value is -2.20. The van der Waals surface area contributed by atoms with Gasteiger partial charge in [0.25, 0.3) is 5.91 Å². The molecule has 0 unspecified atom stereocenters. The second-order valence-electron chi connectivity index (χ2n) is 5.52. The first-order chi connectivity index (χ1) is 11.6. The number of nitrogens with zero attached hydrogens (tertiary/aromatic N) is 1. The van der Waals surface area contributed by atoms with Crippen molar-refractivity contribution in [2.24, 2.45) is 0 Å². The Balaban J connectivity index is 1.80. The largest absolute Gasteiger partial charge is 0.481 e. The summed E-state index contributed by atoms with van der Waals surface area (Å²) in [6.07, 6.45) is 0.0939. The molecule has 0 aromatic heterocycles. The monoisotopic (exact) mass is 346 g/mol. The van der Waals surface area contributed by atoms with Crippen LogP contribution in [0.1, 0.15) is 13.3 Å². The summed E-state index contributed by atoms with van der Waals surface area (Å²) in [6.45, 7) is 3.22. The molecule has 0 spiro atoms. The van der Waals surface area contributed by atoms with Crippen molar-refractivity contribution in [3.05, 3.63) is 59.6 Å². The summed E-state index contributed by atoms with van der Waals surface area (Å²) in [5.74, 6) is 0.539. The van der Waals surface area contributed by atoms with Crippen molar-refractivity contribution in [1.29, 1.82) is 0 Å². The number of anilines is 1. The van der Waals surface area contributed by atoms with Crippen LogP contribution in [0, 0.1) is 0 Å². The first kappa shape index (κ1) is 18.1. The summed E-state index contributed by atoms with van der Waals surface area (Å²) in [6, 6.07) is 17.1. The Morgan fingerprint density at radius 2 is 1.83 bits per heavy atom. The van der Waals surface area contributed by atoms with Crippen molar-refractivity contribution < 1.29 is 9.53 Å². The van der Waals surface area contributed by atoms with Crippen LogP contribution in [0.25, 0.3) is 0 Å². The quantitative estimate of drug-likeness (QED) is 0.791.